The lowest BCUT2D eigenvalue weighted by Gasteiger charge is -2.19. The van der Waals surface area contributed by atoms with Crippen LogP contribution in [0.5, 0.6) is 0 Å². The Morgan fingerprint density at radius 3 is 2.58 bits per heavy atom. The van der Waals surface area contributed by atoms with Gasteiger partial charge in [0.15, 0.2) is 10.8 Å². The van der Waals surface area contributed by atoms with Crippen LogP contribution in [0.4, 0.5) is 10.6 Å². The van der Waals surface area contributed by atoms with Crippen molar-refractivity contribution < 1.29 is 9.53 Å². The first kappa shape index (κ1) is 19.9. The third-order valence-corrected chi connectivity index (χ3v) is 3.83. The van der Waals surface area contributed by atoms with Crippen LogP contribution in [0.2, 0.25) is 0 Å². The number of fused-ring (bicyclic) bond motifs is 1. The smallest absolute Gasteiger partial charge is 0.407 e. The normalized spacial score (nSPS) is 11.2. The fourth-order valence-corrected chi connectivity index (χ4v) is 2.60. The summed E-state index contributed by atoms with van der Waals surface area (Å²) in [5, 5.41) is 10.5. The van der Waals surface area contributed by atoms with Crippen LogP contribution in [0.3, 0.4) is 0 Å². The number of nitrogens with zero attached hydrogens (tertiary/aromatic N) is 3. The molecule has 0 aliphatic rings. The van der Waals surface area contributed by atoms with E-state index in [1.807, 2.05) is 44.6 Å². The van der Waals surface area contributed by atoms with Crippen LogP contribution in [-0.4, -0.2) is 51.5 Å². The first-order valence-electron chi connectivity index (χ1n) is 8.56. The van der Waals surface area contributed by atoms with Gasteiger partial charge >= 0.3 is 6.09 Å². The molecule has 0 aliphatic carbocycles. The predicted octanol–water partition coefficient (Wildman–Crippen LogP) is 2.50. The maximum atomic E-state index is 11.5. The standard InChI is InChI=1S/C17H26N6O2S/c1-17(2,3)25-16(24)20-9-6-5-8-19-15(26)23-10-7-12-13(18-4)21-11-22-14(12)23/h7,10-11H,5-6,8-9H2,1-4H3,(H,19,26)(H,20,24)(H,18,21,22). The number of aromatic nitrogens is 3. The summed E-state index contributed by atoms with van der Waals surface area (Å²) in [4.78, 5) is 20.0. The summed E-state index contributed by atoms with van der Waals surface area (Å²) in [6.07, 6.45) is 4.69. The molecular weight excluding hydrogens is 352 g/mol. The molecule has 1 amide bonds. The summed E-state index contributed by atoms with van der Waals surface area (Å²) in [7, 11) is 1.82. The average Bonchev–Trinajstić information content (AvgIpc) is 3.00. The fraction of sp³-hybridized carbons (Fsp3) is 0.529. The molecule has 0 bridgehead atoms. The quantitative estimate of drug-likeness (QED) is 0.525. The van der Waals surface area contributed by atoms with Crippen LogP contribution in [-0.2, 0) is 4.74 Å². The first-order valence-corrected chi connectivity index (χ1v) is 8.97. The van der Waals surface area contributed by atoms with Gasteiger partial charge in [-0.2, -0.15) is 0 Å². The van der Waals surface area contributed by atoms with E-state index in [9.17, 15) is 4.79 Å². The number of anilines is 1. The van der Waals surface area contributed by atoms with Crippen molar-refractivity contribution >= 4 is 40.3 Å². The van der Waals surface area contributed by atoms with Crippen LogP contribution in [0.1, 0.15) is 33.6 Å². The van der Waals surface area contributed by atoms with Crippen molar-refractivity contribution in [3.05, 3.63) is 18.6 Å². The number of carbonyl (C=O) groups is 1. The lowest BCUT2D eigenvalue weighted by Crippen LogP contribution is -2.33. The zero-order valence-corrected chi connectivity index (χ0v) is 16.4. The molecule has 2 aromatic rings. The molecule has 9 heteroatoms. The summed E-state index contributed by atoms with van der Waals surface area (Å²) in [6.45, 7) is 6.79. The van der Waals surface area contributed by atoms with Gasteiger partial charge in [-0.1, -0.05) is 0 Å². The van der Waals surface area contributed by atoms with Gasteiger partial charge in [-0.3, -0.25) is 4.57 Å². The molecule has 0 saturated carbocycles. The van der Waals surface area contributed by atoms with Gasteiger partial charge in [0.25, 0.3) is 0 Å². The molecule has 0 aromatic carbocycles. The molecule has 0 atom stereocenters. The molecule has 2 rings (SSSR count). The molecule has 142 valence electrons. The molecule has 26 heavy (non-hydrogen) atoms. The maximum absolute atomic E-state index is 11.5. The Bertz CT molecular complexity index is 768. The van der Waals surface area contributed by atoms with Crippen molar-refractivity contribution in [2.24, 2.45) is 0 Å². The molecule has 0 fully saturated rings. The Hall–Kier alpha value is -2.42. The number of thiocarbonyl (C=S) groups is 1. The Morgan fingerprint density at radius 1 is 1.23 bits per heavy atom. The Kier molecular flexibility index (Phi) is 6.73. The molecule has 0 spiro atoms. The van der Waals surface area contributed by atoms with Gasteiger partial charge in [0.2, 0.25) is 0 Å². The average molecular weight is 379 g/mol. The number of amides is 1. The topological polar surface area (TPSA) is 93.1 Å². The number of rotatable bonds is 6. The van der Waals surface area contributed by atoms with E-state index in [1.165, 1.54) is 6.33 Å². The minimum Gasteiger partial charge on any atom is -0.444 e. The van der Waals surface area contributed by atoms with Gasteiger partial charge in [-0.25, -0.2) is 14.8 Å². The summed E-state index contributed by atoms with van der Waals surface area (Å²) in [5.74, 6) is 0.768. The van der Waals surface area contributed by atoms with Gasteiger partial charge in [-0.15, -0.1) is 0 Å². The van der Waals surface area contributed by atoms with E-state index in [1.54, 1.807) is 0 Å². The second-order valence-electron chi connectivity index (χ2n) is 6.76. The lowest BCUT2D eigenvalue weighted by atomic mass is 10.2. The van der Waals surface area contributed by atoms with E-state index in [2.05, 4.69) is 25.9 Å². The molecule has 3 N–H and O–H groups in total. The minimum atomic E-state index is -0.478. The Morgan fingerprint density at radius 2 is 1.92 bits per heavy atom. The minimum absolute atomic E-state index is 0.389. The monoisotopic (exact) mass is 378 g/mol. The van der Waals surface area contributed by atoms with Crippen molar-refractivity contribution in [1.29, 1.82) is 0 Å². The highest BCUT2D eigenvalue weighted by molar-refractivity contribution is 7.80. The highest BCUT2D eigenvalue weighted by atomic mass is 32.1. The van der Waals surface area contributed by atoms with E-state index >= 15 is 0 Å². The molecule has 8 nitrogen and oxygen atoms in total. The van der Waals surface area contributed by atoms with Crippen LogP contribution in [0.15, 0.2) is 18.6 Å². The van der Waals surface area contributed by atoms with Gasteiger partial charge in [0.05, 0.1) is 5.39 Å². The molecule has 0 aliphatic heterocycles. The van der Waals surface area contributed by atoms with Crippen molar-refractivity contribution in [3.8, 4) is 0 Å². The van der Waals surface area contributed by atoms with Crippen molar-refractivity contribution in [2.45, 2.75) is 39.2 Å². The maximum Gasteiger partial charge on any atom is 0.407 e. The number of hydrogen-bond acceptors (Lipinski definition) is 6. The lowest BCUT2D eigenvalue weighted by molar-refractivity contribution is 0.0527. The largest absolute Gasteiger partial charge is 0.444 e. The van der Waals surface area contributed by atoms with Gasteiger partial charge in [0, 0.05) is 26.3 Å². The molecular formula is C17H26N6O2S. The van der Waals surface area contributed by atoms with E-state index in [0.717, 1.165) is 29.7 Å². The van der Waals surface area contributed by atoms with Crippen LogP contribution in [0.25, 0.3) is 11.0 Å². The Balaban J connectivity index is 1.74. The van der Waals surface area contributed by atoms with Crippen LogP contribution < -0.4 is 16.0 Å². The molecule has 0 unspecified atom stereocenters. The van der Waals surface area contributed by atoms with Gasteiger partial charge in [-0.05, 0) is 51.9 Å². The van der Waals surface area contributed by atoms with E-state index < -0.39 is 5.60 Å². The summed E-state index contributed by atoms with van der Waals surface area (Å²) in [6, 6.07) is 1.93. The van der Waals surface area contributed by atoms with Crippen molar-refractivity contribution in [2.75, 3.05) is 25.5 Å². The molecule has 0 saturated heterocycles. The number of unbranched alkanes of at least 4 members (excludes halogenated alkanes) is 1. The second kappa shape index (κ2) is 8.79. The number of nitrogens with one attached hydrogen (secondary N) is 3. The van der Waals surface area contributed by atoms with Crippen molar-refractivity contribution in [1.82, 2.24) is 25.2 Å². The summed E-state index contributed by atoms with van der Waals surface area (Å²) >= 11 is 5.44. The van der Waals surface area contributed by atoms with E-state index in [-0.39, 0.29) is 6.09 Å². The highest BCUT2D eigenvalue weighted by Gasteiger charge is 2.15. The van der Waals surface area contributed by atoms with E-state index in [0.29, 0.717) is 18.2 Å². The summed E-state index contributed by atoms with van der Waals surface area (Å²) in [5.41, 5.74) is 0.280. The summed E-state index contributed by atoms with van der Waals surface area (Å²) < 4.78 is 7.01. The third-order valence-electron chi connectivity index (χ3n) is 3.48. The number of carbonyl (C=O) groups excluding carboxylic acids is 1. The second-order valence-corrected chi connectivity index (χ2v) is 7.15. The molecule has 2 heterocycles. The van der Waals surface area contributed by atoms with Crippen molar-refractivity contribution in [3.63, 3.8) is 0 Å². The third kappa shape index (κ3) is 5.55. The predicted molar refractivity (Wildman–Crippen MR) is 107 cm³/mol. The number of hydrogen-bond donors (Lipinski definition) is 3. The first-order chi connectivity index (χ1) is 12.3. The van der Waals surface area contributed by atoms with Gasteiger partial charge in [0.1, 0.15) is 17.7 Å². The zero-order valence-electron chi connectivity index (χ0n) is 15.6. The number of ether oxygens (including phenoxy) is 1. The molecule has 0 radical (unpaired) electrons. The highest BCUT2D eigenvalue weighted by Crippen LogP contribution is 2.19. The van der Waals surface area contributed by atoms with E-state index in [4.69, 9.17) is 17.0 Å². The SMILES string of the molecule is CNc1ncnc2c1ccn2C(=S)NCCCCNC(=O)OC(C)(C)C. The zero-order chi connectivity index (χ0) is 19.2. The Labute approximate surface area is 158 Å². The van der Waals surface area contributed by atoms with Gasteiger partial charge < -0.3 is 20.7 Å². The van der Waals surface area contributed by atoms with Crippen LogP contribution >= 0.6 is 12.2 Å². The molecule has 2 aromatic heterocycles. The van der Waals surface area contributed by atoms with Crippen LogP contribution in [0, 0.1) is 0 Å². The number of alkyl carbamates (subject to hydrolysis) is 1. The fourth-order valence-electron chi connectivity index (χ4n) is 2.35.